The molecule has 2 rings (SSSR count). The van der Waals surface area contributed by atoms with Gasteiger partial charge in [-0.1, -0.05) is 18.2 Å². The predicted octanol–water partition coefficient (Wildman–Crippen LogP) is -1.75. The van der Waals surface area contributed by atoms with Gasteiger partial charge in [-0.2, -0.15) is 12.6 Å². The smallest absolute Gasteiger partial charge is 0.326 e. The molecule has 0 aliphatic rings. The minimum atomic E-state index is -1.52. The van der Waals surface area contributed by atoms with Gasteiger partial charge in [-0.25, -0.2) is 4.79 Å². The molecule has 0 spiro atoms. The summed E-state index contributed by atoms with van der Waals surface area (Å²) in [4.78, 5) is 75.5. The van der Waals surface area contributed by atoms with Crippen LogP contribution in [0.5, 0.6) is 0 Å². The minimum absolute atomic E-state index is 0.0621. The fourth-order valence-corrected chi connectivity index (χ4v) is 3.74. The van der Waals surface area contributed by atoms with Crippen LogP contribution in [0.1, 0.15) is 24.8 Å². The van der Waals surface area contributed by atoms with Crippen LogP contribution in [0.3, 0.4) is 0 Å². The number of carbonyl (C=O) groups is 6. The Balaban J connectivity index is 2.21. The monoisotopic (exact) mass is 550 g/mol. The summed E-state index contributed by atoms with van der Waals surface area (Å²) in [6, 6.07) is 1.61. The topological polar surface area (TPSA) is 247 Å². The molecule has 15 heteroatoms. The van der Waals surface area contributed by atoms with Gasteiger partial charge in [0.15, 0.2) is 0 Å². The number of carboxylic acid groups (broad SMARTS) is 2. The summed E-state index contributed by atoms with van der Waals surface area (Å²) in [5.41, 5.74) is 12.1. The number of thiol groups is 1. The number of aliphatic carboxylic acids is 2. The minimum Gasteiger partial charge on any atom is -0.481 e. The van der Waals surface area contributed by atoms with Crippen LogP contribution in [-0.4, -0.2) is 80.7 Å². The summed E-state index contributed by atoms with van der Waals surface area (Å²) in [6.07, 6.45) is -0.0755. The van der Waals surface area contributed by atoms with Crippen molar-refractivity contribution in [2.24, 2.45) is 11.5 Å². The van der Waals surface area contributed by atoms with Gasteiger partial charge in [0.05, 0.1) is 12.5 Å². The fraction of sp³-hybridized carbons (Fsp3) is 0.391. The summed E-state index contributed by atoms with van der Waals surface area (Å²) < 4.78 is 0. The molecular formula is C23H30N6O8S. The number of carbonyl (C=O) groups excluding carboxylic acids is 4. The molecule has 0 saturated heterocycles. The number of para-hydroxylation sites is 1. The number of benzene rings is 1. The van der Waals surface area contributed by atoms with Crippen LogP contribution in [0.15, 0.2) is 30.5 Å². The van der Waals surface area contributed by atoms with Crippen LogP contribution in [0.25, 0.3) is 10.9 Å². The van der Waals surface area contributed by atoms with Crippen molar-refractivity contribution >= 4 is 59.1 Å². The molecule has 206 valence electrons. The average molecular weight is 551 g/mol. The van der Waals surface area contributed by atoms with E-state index in [-0.39, 0.29) is 12.2 Å². The largest absolute Gasteiger partial charge is 0.481 e. The summed E-state index contributed by atoms with van der Waals surface area (Å²) in [5.74, 6) is -6.42. The molecule has 4 amide bonds. The zero-order chi connectivity index (χ0) is 28.4. The lowest BCUT2D eigenvalue weighted by atomic mass is 10.0. The molecule has 4 unspecified atom stereocenters. The Kier molecular flexibility index (Phi) is 11.1. The number of nitrogens with one attached hydrogen (secondary N) is 4. The second kappa shape index (κ2) is 14.0. The van der Waals surface area contributed by atoms with Crippen molar-refractivity contribution in [2.75, 3.05) is 5.75 Å². The van der Waals surface area contributed by atoms with Gasteiger partial charge in [-0.3, -0.25) is 24.0 Å². The first-order valence-corrected chi connectivity index (χ1v) is 12.1. The van der Waals surface area contributed by atoms with Gasteiger partial charge >= 0.3 is 11.9 Å². The van der Waals surface area contributed by atoms with Crippen molar-refractivity contribution in [3.8, 4) is 0 Å². The lowest BCUT2D eigenvalue weighted by Crippen LogP contribution is -2.58. The molecule has 4 atom stereocenters. The Labute approximate surface area is 222 Å². The molecule has 0 radical (unpaired) electrons. The van der Waals surface area contributed by atoms with Crippen molar-refractivity contribution in [3.05, 3.63) is 36.0 Å². The second-order valence-electron chi connectivity index (χ2n) is 8.48. The van der Waals surface area contributed by atoms with E-state index in [0.29, 0.717) is 5.56 Å². The number of primary amides is 1. The Hall–Kier alpha value is -4.11. The number of hydrogen-bond acceptors (Lipinski definition) is 8. The van der Waals surface area contributed by atoms with Crippen LogP contribution in [0.4, 0.5) is 0 Å². The van der Waals surface area contributed by atoms with E-state index in [1.807, 2.05) is 0 Å². The normalized spacial score (nSPS) is 14.1. The molecule has 0 bridgehead atoms. The molecule has 0 saturated carbocycles. The lowest BCUT2D eigenvalue weighted by Gasteiger charge is -2.24. The molecule has 2 aromatic rings. The number of aromatic amines is 1. The number of amides is 4. The number of H-pyrrole nitrogens is 1. The maximum Gasteiger partial charge on any atom is 0.326 e. The number of carboxylic acids is 2. The number of nitrogens with two attached hydrogens (primary N) is 2. The number of aromatic nitrogens is 1. The van der Waals surface area contributed by atoms with Gasteiger partial charge in [0.1, 0.15) is 18.1 Å². The van der Waals surface area contributed by atoms with Crippen LogP contribution < -0.4 is 27.4 Å². The van der Waals surface area contributed by atoms with Gasteiger partial charge in [0, 0.05) is 35.7 Å². The molecule has 38 heavy (non-hydrogen) atoms. The van der Waals surface area contributed by atoms with Crippen LogP contribution in [-0.2, 0) is 35.2 Å². The van der Waals surface area contributed by atoms with Gasteiger partial charge in [-0.05, 0) is 18.1 Å². The van der Waals surface area contributed by atoms with E-state index in [4.69, 9.17) is 16.6 Å². The van der Waals surface area contributed by atoms with Gasteiger partial charge in [0.2, 0.25) is 23.6 Å². The van der Waals surface area contributed by atoms with E-state index in [2.05, 4.69) is 33.6 Å². The van der Waals surface area contributed by atoms with Crippen molar-refractivity contribution in [3.63, 3.8) is 0 Å². The van der Waals surface area contributed by atoms with E-state index in [1.165, 1.54) is 0 Å². The van der Waals surface area contributed by atoms with E-state index in [9.17, 15) is 33.9 Å². The fourth-order valence-electron chi connectivity index (χ4n) is 3.57. The van der Waals surface area contributed by atoms with E-state index < -0.39 is 79.0 Å². The number of rotatable bonds is 15. The predicted molar refractivity (Wildman–Crippen MR) is 138 cm³/mol. The van der Waals surface area contributed by atoms with E-state index >= 15 is 0 Å². The van der Waals surface area contributed by atoms with Crippen LogP contribution in [0, 0.1) is 0 Å². The third kappa shape index (κ3) is 8.77. The molecule has 0 aliphatic carbocycles. The van der Waals surface area contributed by atoms with Crippen molar-refractivity contribution in [1.29, 1.82) is 0 Å². The molecule has 0 fully saturated rings. The average Bonchev–Trinajstić information content (AvgIpc) is 3.27. The summed E-state index contributed by atoms with van der Waals surface area (Å²) in [6.45, 7) is 0. The molecule has 10 N–H and O–H groups in total. The van der Waals surface area contributed by atoms with E-state index in [1.54, 1.807) is 30.5 Å². The lowest BCUT2D eigenvalue weighted by molar-refractivity contribution is -0.143. The quantitative estimate of drug-likeness (QED) is 0.114. The standard InChI is InChI=1S/C23H30N6O8S/c24-13(10-38)20(33)28-16(8-18(25)30)22(35)27-15(5-6-19(31)32)21(34)29-17(23(36)37)7-11-9-26-14-4-2-1-3-12(11)14/h1-4,9,13,15-17,26,38H,5-8,10,24H2,(H2,25,30)(H,27,35)(H,28,33)(H,29,34)(H,31,32)(H,36,37). The highest BCUT2D eigenvalue weighted by Gasteiger charge is 2.31. The van der Waals surface area contributed by atoms with Gasteiger partial charge in [0.25, 0.3) is 0 Å². The highest BCUT2D eigenvalue weighted by Crippen LogP contribution is 2.19. The van der Waals surface area contributed by atoms with Gasteiger partial charge in [-0.15, -0.1) is 0 Å². The molecule has 1 aromatic heterocycles. The van der Waals surface area contributed by atoms with Gasteiger partial charge < -0.3 is 42.6 Å². The molecular weight excluding hydrogens is 520 g/mol. The number of hydrogen-bond donors (Lipinski definition) is 9. The SMILES string of the molecule is NC(=O)CC(NC(=O)C(N)CS)C(=O)NC(CCC(=O)O)C(=O)NC(Cc1c[nH]c2ccccc12)C(=O)O. The van der Waals surface area contributed by atoms with Crippen LogP contribution >= 0.6 is 12.6 Å². The third-order valence-electron chi connectivity index (χ3n) is 5.57. The van der Waals surface area contributed by atoms with Crippen molar-refractivity contribution < 1.29 is 39.0 Å². The van der Waals surface area contributed by atoms with Crippen molar-refractivity contribution in [1.82, 2.24) is 20.9 Å². The first-order valence-electron chi connectivity index (χ1n) is 11.5. The first-order chi connectivity index (χ1) is 17.9. The maximum absolute atomic E-state index is 13.0. The molecule has 1 heterocycles. The molecule has 0 aliphatic heterocycles. The maximum atomic E-state index is 13.0. The molecule has 14 nitrogen and oxygen atoms in total. The summed E-state index contributed by atoms with van der Waals surface area (Å²) in [7, 11) is 0. The zero-order valence-electron chi connectivity index (χ0n) is 20.2. The number of fused-ring (bicyclic) bond motifs is 1. The summed E-state index contributed by atoms with van der Waals surface area (Å²) >= 11 is 3.89. The summed E-state index contributed by atoms with van der Waals surface area (Å²) in [5, 5.41) is 26.4. The first kappa shape index (κ1) is 30.1. The molecule has 1 aromatic carbocycles. The third-order valence-corrected chi connectivity index (χ3v) is 5.96. The Bertz CT molecular complexity index is 1200. The Morgan fingerprint density at radius 2 is 1.53 bits per heavy atom. The highest BCUT2D eigenvalue weighted by molar-refractivity contribution is 7.80. The highest BCUT2D eigenvalue weighted by atomic mass is 32.1. The zero-order valence-corrected chi connectivity index (χ0v) is 21.1. The van der Waals surface area contributed by atoms with E-state index in [0.717, 1.165) is 10.9 Å². The Morgan fingerprint density at radius 1 is 0.921 bits per heavy atom. The van der Waals surface area contributed by atoms with Crippen molar-refractivity contribution in [2.45, 2.75) is 49.9 Å². The Morgan fingerprint density at radius 3 is 2.13 bits per heavy atom. The second-order valence-corrected chi connectivity index (χ2v) is 8.84. The van der Waals surface area contributed by atoms with Crippen LogP contribution in [0.2, 0.25) is 0 Å².